The Balaban J connectivity index is 3.08. The molecule has 0 saturated carbocycles. The number of amides is 1. The molecule has 0 aliphatic rings. The van der Waals surface area contributed by atoms with Crippen molar-refractivity contribution in [3.8, 4) is 0 Å². The van der Waals surface area contributed by atoms with Crippen LogP contribution in [0, 0.1) is 0 Å². The van der Waals surface area contributed by atoms with Gasteiger partial charge in [0.25, 0.3) is 0 Å². The van der Waals surface area contributed by atoms with Gasteiger partial charge in [0.05, 0.1) is 0 Å². The van der Waals surface area contributed by atoms with Crippen LogP contribution in [0.1, 0.15) is 12.8 Å². The lowest BCUT2D eigenvalue weighted by molar-refractivity contribution is -0.120. The zero-order valence-corrected chi connectivity index (χ0v) is 8.67. The minimum Gasteiger partial charge on any atom is -0.356 e. The van der Waals surface area contributed by atoms with Crippen molar-refractivity contribution >= 4 is 17.7 Å². The van der Waals surface area contributed by atoms with E-state index in [2.05, 4.69) is 10.6 Å². The predicted octanol–water partition coefficient (Wildman–Crippen LogP) is 0.465. The van der Waals surface area contributed by atoms with E-state index < -0.39 is 0 Å². The molecule has 4 heteroatoms. The Bertz CT molecular complexity index is 120. The second-order valence-corrected chi connectivity index (χ2v) is 3.54. The first-order chi connectivity index (χ1) is 5.81. The molecule has 0 unspecified atom stereocenters. The fourth-order valence-electron chi connectivity index (χ4n) is 0.776. The zero-order chi connectivity index (χ0) is 9.23. The molecule has 0 atom stereocenters. The van der Waals surface area contributed by atoms with Crippen LogP contribution in [0.5, 0.6) is 0 Å². The molecule has 0 fully saturated rings. The standard InChI is InChI=1S/C8H18N2OS/c1-9-5-3-6-10-8(11)4-7-12-2/h9H,3-7H2,1-2H3,(H,10,11). The van der Waals surface area contributed by atoms with Crippen LogP contribution in [0.15, 0.2) is 0 Å². The summed E-state index contributed by atoms with van der Waals surface area (Å²) in [6.07, 6.45) is 3.65. The number of carbonyl (C=O) groups is 1. The molecule has 0 aromatic heterocycles. The molecule has 0 spiro atoms. The van der Waals surface area contributed by atoms with Crippen molar-refractivity contribution in [2.24, 2.45) is 0 Å². The molecule has 12 heavy (non-hydrogen) atoms. The van der Waals surface area contributed by atoms with Crippen LogP contribution in [0.3, 0.4) is 0 Å². The van der Waals surface area contributed by atoms with Crippen molar-refractivity contribution in [2.45, 2.75) is 12.8 Å². The Labute approximate surface area is 78.7 Å². The summed E-state index contributed by atoms with van der Waals surface area (Å²) in [5.74, 6) is 1.08. The third-order valence-electron chi connectivity index (χ3n) is 1.46. The molecule has 0 aliphatic carbocycles. The Kier molecular flexibility index (Phi) is 8.71. The summed E-state index contributed by atoms with van der Waals surface area (Å²) in [6.45, 7) is 1.75. The van der Waals surface area contributed by atoms with E-state index in [-0.39, 0.29) is 5.91 Å². The van der Waals surface area contributed by atoms with E-state index in [1.165, 1.54) is 0 Å². The first-order valence-corrected chi connectivity index (χ1v) is 5.61. The largest absolute Gasteiger partial charge is 0.356 e. The van der Waals surface area contributed by atoms with E-state index in [0.29, 0.717) is 6.42 Å². The summed E-state index contributed by atoms with van der Waals surface area (Å²) in [4.78, 5) is 11.0. The number of thioether (sulfide) groups is 1. The van der Waals surface area contributed by atoms with Crippen LogP contribution in [0.25, 0.3) is 0 Å². The summed E-state index contributed by atoms with van der Waals surface area (Å²) >= 11 is 1.70. The Hall–Kier alpha value is -0.220. The number of nitrogens with one attached hydrogen (secondary N) is 2. The third kappa shape index (κ3) is 7.88. The highest BCUT2D eigenvalue weighted by atomic mass is 32.2. The van der Waals surface area contributed by atoms with E-state index in [9.17, 15) is 4.79 Å². The fourth-order valence-corrected chi connectivity index (χ4v) is 1.17. The molecular weight excluding hydrogens is 172 g/mol. The van der Waals surface area contributed by atoms with Gasteiger partial charge < -0.3 is 10.6 Å². The van der Waals surface area contributed by atoms with Crippen molar-refractivity contribution in [3.05, 3.63) is 0 Å². The first kappa shape index (κ1) is 11.8. The van der Waals surface area contributed by atoms with Gasteiger partial charge in [0.1, 0.15) is 0 Å². The molecule has 3 nitrogen and oxygen atoms in total. The van der Waals surface area contributed by atoms with Crippen LogP contribution in [-0.4, -0.2) is 38.1 Å². The average Bonchev–Trinajstić information content (AvgIpc) is 2.09. The molecule has 0 heterocycles. The molecule has 2 N–H and O–H groups in total. The van der Waals surface area contributed by atoms with Gasteiger partial charge in [-0.2, -0.15) is 11.8 Å². The highest BCUT2D eigenvalue weighted by molar-refractivity contribution is 7.98. The van der Waals surface area contributed by atoms with Crippen molar-refractivity contribution in [2.75, 3.05) is 32.1 Å². The molecular formula is C8H18N2OS. The summed E-state index contributed by atoms with van der Waals surface area (Å²) in [5.41, 5.74) is 0. The van der Waals surface area contributed by atoms with E-state index >= 15 is 0 Å². The molecule has 0 aliphatic heterocycles. The lowest BCUT2D eigenvalue weighted by atomic mass is 10.4. The summed E-state index contributed by atoms with van der Waals surface area (Å²) in [6, 6.07) is 0. The fraction of sp³-hybridized carbons (Fsp3) is 0.875. The molecule has 1 amide bonds. The highest BCUT2D eigenvalue weighted by Gasteiger charge is 1.97. The zero-order valence-electron chi connectivity index (χ0n) is 7.85. The summed E-state index contributed by atoms with van der Waals surface area (Å²) < 4.78 is 0. The smallest absolute Gasteiger partial charge is 0.220 e. The van der Waals surface area contributed by atoms with Gasteiger partial charge in [-0.05, 0) is 26.3 Å². The molecule has 0 aromatic rings. The first-order valence-electron chi connectivity index (χ1n) is 4.21. The SMILES string of the molecule is CNCCCNC(=O)CCSC. The van der Waals surface area contributed by atoms with Gasteiger partial charge in [0, 0.05) is 18.7 Å². The molecule has 72 valence electrons. The second kappa shape index (κ2) is 8.87. The van der Waals surface area contributed by atoms with Gasteiger partial charge in [-0.1, -0.05) is 0 Å². The third-order valence-corrected chi connectivity index (χ3v) is 2.07. The van der Waals surface area contributed by atoms with Gasteiger partial charge in [-0.15, -0.1) is 0 Å². The van der Waals surface area contributed by atoms with Crippen LogP contribution in [0.2, 0.25) is 0 Å². The maximum atomic E-state index is 11.0. The van der Waals surface area contributed by atoms with Crippen LogP contribution in [0.4, 0.5) is 0 Å². The molecule has 0 radical (unpaired) electrons. The van der Waals surface area contributed by atoms with Gasteiger partial charge in [-0.3, -0.25) is 4.79 Å². The van der Waals surface area contributed by atoms with Gasteiger partial charge >= 0.3 is 0 Å². The van der Waals surface area contributed by atoms with Crippen LogP contribution in [-0.2, 0) is 4.79 Å². The second-order valence-electron chi connectivity index (χ2n) is 2.55. The quantitative estimate of drug-likeness (QED) is 0.573. The van der Waals surface area contributed by atoms with E-state index in [1.54, 1.807) is 11.8 Å². The average molecular weight is 190 g/mol. The Morgan fingerprint density at radius 3 is 2.75 bits per heavy atom. The van der Waals surface area contributed by atoms with Crippen molar-refractivity contribution in [3.63, 3.8) is 0 Å². The van der Waals surface area contributed by atoms with E-state index in [1.807, 2.05) is 13.3 Å². The molecule has 0 rings (SSSR count). The minimum absolute atomic E-state index is 0.167. The maximum absolute atomic E-state index is 11.0. The Morgan fingerprint density at radius 2 is 2.17 bits per heavy atom. The monoisotopic (exact) mass is 190 g/mol. The highest BCUT2D eigenvalue weighted by Crippen LogP contribution is 1.94. The van der Waals surface area contributed by atoms with E-state index in [0.717, 1.165) is 25.3 Å². The van der Waals surface area contributed by atoms with Crippen molar-refractivity contribution in [1.29, 1.82) is 0 Å². The van der Waals surface area contributed by atoms with Gasteiger partial charge in [-0.25, -0.2) is 0 Å². The van der Waals surface area contributed by atoms with E-state index in [4.69, 9.17) is 0 Å². The number of rotatable bonds is 7. The van der Waals surface area contributed by atoms with Crippen molar-refractivity contribution in [1.82, 2.24) is 10.6 Å². The predicted molar refractivity (Wildman–Crippen MR) is 54.6 cm³/mol. The molecule has 0 saturated heterocycles. The number of carbonyl (C=O) groups excluding carboxylic acids is 1. The van der Waals surface area contributed by atoms with Gasteiger partial charge in [0.2, 0.25) is 5.91 Å². The summed E-state index contributed by atoms with van der Waals surface area (Å²) in [5, 5.41) is 5.89. The molecule has 0 aromatic carbocycles. The summed E-state index contributed by atoms with van der Waals surface area (Å²) in [7, 11) is 1.91. The number of hydrogen-bond acceptors (Lipinski definition) is 3. The normalized spacial score (nSPS) is 9.83. The maximum Gasteiger partial charge on any atom is 0.220 e. The van der Waals surface area contributed by atoms with Crippen LogP contribution < -0.4 is 10.6 Å². The lowest BCUT2D eigenvalue weighted by Crippen LogP contribution is -2.26. The lowest BCUT2D eigenvalue weighted by Gasteiger charge is -2.03. The van der Waals surface area contributed by atoms with Crippen molar-refractivity contribution < 1.29 is 4.79 Å². The van der Waals surface area contributed by atoms with Gasteiger partial charge in [0.15, 0.2) is 0 Å². The Morgan fingerprint density at radius 1 is 1.42 bits per heavy atom. The number of hydrogen-bond donors (Lipinski definition) is 2. The molecule has 0 bridgehead atoms. The minimum atomic E-state index is 0.167. The topological polar surface area (TPSA) is 41.1 Å². The van der Waals surface area contributed by atoms with Crippen LogP contribution >= 0.6 is 11.8 Å².